The van der Waals surface area contributed by atoms with Crippen LogP contribution in [-0.2, 0) is 10.0 Å². The van der Waals surface area contributed by atoms with Crippen molar-refractivity contribution in [1.29, 1.82) is 0 Å². The van der Waals surface area contributed by atoms with E-state index in [4.69, 9.17) is 4.74 Å². The molecular weight excluding hydrogens is 304 g/mol. The minimum absolute atomic E-state index is 0.0286. The minimum Gasteiger partial charge on any atom is -0.507 e. The van der Waals surface area contributed by atoms with Crippen LogP contribution in [0.3, 0.4) is 0 Å². The summed E-state index contributed by atoms with van der Waals surface area (Å²) in [6.07, 6.45) is 1.21. The first-order valence-corrected chi connectivity index (χ1v) is 7.89. The number of methoxy groups -OCH3 is 1. The molecule has 0 saturated carbocycles. The van der Waals surface area contributed by atoms with Gasteiger partial charge >= 0.3 is 0 Å². The van der Waals surface area contributed by atoms with Gasteiger partial charge in [-0.3, -0.25) is 0 Å². The van der Waals surface area contributed by atoms with Crippen molar-refractivity contribution >= 4 is 16.2 Å². The Labute approximate surface area is 129 Å². The molecule has 7 heteroatoms. The fourth-order valence-electron chi connectivity index (χ4n) is 1.70. The molecule has 0 unspecified atom stereocenters. The molecule has 116 valence electrons. The fourth-order valence-corrected chi connectivity index (χ4v) is 2.49. The molecule has 0 atom stereocenters. The molecule has 0 aromatic heterocycles. The maximum atomic E-state index is 12.0. The molecule has 2 N–H and O–H groups in total. The molecule has 0 fully saturated rings. The Kier molecular flexibility index (Phi) is 4.67. The van der Waals surface area contributed by atoms with Crippen LogP contribution in [0.5, 0.6) is 11.5 Å². The Morgan fingerprint density at radius 3 is 2.50 bits per heavy atom. The van der Waals surface area contributed by atoms with E-state index in [1.54, 1.807) is 24.3 Å². The van der Waals surface area contributed by atoms with Crippen LogP contribution in [0.4, 0.5) is 0 Å². The summed E-state index contributed by atoms with van der Waals surface area (Å²) in [5.41, 5.74) is 1.30. The van der Waals surface area contributed by atoms with Crippen LogP contribution in [0.15, 0.2) is 52.5 Å². The van der Waals surface area contributed by atoms with Crippen LogP contribution in [0.1, 0.15) is 11.1 Å². The lowest BCUT2D eigenvalue weighted by Gasteiger charge is -2.05. The number of benzene rings is 2. The van der Waals surface area contributed by atoms with E-state index in [0.717, 1.165) is 5.56 Å². The smallest absolute Gasteiger partial charge is 0.276 e. The first kappa shape index (κ1) is 15.8. The van der Waals surface area contributed by atoms with E-state index in [1.165, 1.54) is 31.5 Å². The molecule has 0 radical (unpaired) electrons. The molecule has 0 aliphatic rings. The summed E-state index contributed by atoms with van der Waals surface area (Å²) in [5.74, 6) is 0.500. The number of hydrogen-bond donors (Lipinski definition) is 2. The van der Waals surface area contributed by atoms with Crippen molar-refractivity contribution < 1.29 is 18.3 Å². The second-order valence-corrected chi connectivity index (χ2v) is 6.25. The summed E-state index contributed by atoms with van der Waals surface area (Å²) in [6, 6.07) is 11.0. The zero-order valence-electron chi connectivity index (χ0n) is 12.1. The molecule has 0 heterocycles. The third-order valence-corrected chi connectivity index (χ3v) is 4.18. The third kappa shape index (κ3) is 3.76. The second kappa shape index (κ2) is 6.48. The lowest BCUT2D eigenvalue weighted by atomic mass is 10.2. The average Bonchev–Trinajstić information content (AvgIpc) is 2.49. The maximum absolute atomic E-state index is 12.0. The van der Waals surface area contributed by atoms with E-state index in [9.17, 15) is 13.5 Å². The molecule has 2 rings (SSSR count). The third-order valence-electron chi connectivity index (χ3n) is 2.94. The number of sulfonamides is 1. The predicted octanol–water partition coefficient (Wildman–Crippen LogP) is 2.02. The number of phenols is 1. The summed E-state index contributed by atoms with van der Waals surface area (Å²) < 4.78 is 29.1. The van der Waals surface area contributed by atoms with Crippen LogP contribution in [-0.4, -0.2) is 26.8 Å². The minimum atomic E-state index is -3.74. The lowest BCUT2D eigenvalue weighted by Crippen LogP contribution is -2.18. The standard InChI is InChI=1S/C15H16N2O4S/c1-11-3-6-14(7-4-11)22(19,20)17-16-10-12-9-13(21-2)5-8-15(12)18/h3-10,17-18H,1-2H3/b16-10+. The summed E-state index contributed by atoms with van der Waals surface area (Å²) >= 11 is 0. The highest BCUT2D eigenvalue weighted by atomic mass is 32.2. The molecule has 0 spiro atoms. The molecule has 0 aliphatic carbocycles. The van der Waals surface area contributed by atoms with E-state index in [1.807, 2.05) is 6.92 Å². The molecule has 6 nitrogen and oxygen atoms in total. The first-order valence-electron chi connectivity index (χ1n) is 6.41. The van der Waals surface area contributed by atoms with Gasteiger partial charge in [0.2, 0.25) is 0 Å². The van der Waals surface area contributed by atoms with Gasteiger partial charge in [-0.05, 0) is 37.3 Å². The van der Waals surface area contributed by atoms with Crippen LogP contribution in [0, 0.1) is 6.92 Å². The highest BCUT2D eigenvalue weighted by molar-refractivity contribution is 7.89. The van der Waals surface area contributed by atoms with Crippen molar-refractivity contribution in [2.45, 2.75) is 11.8 Å². The summed E-state index contributed by atoms with van der Waals surface area (Å²) in [5, 5.41) is 13.4. The number of aryl methyl sites for hydroxylation is 1. The van der Waals surface area contributed by atoms with Gasteiger partial charge in [-0.15, -0.1) is 0 Å². The van der Waals surface area contributed by atoms with Gasteiger partial charge in [-0.1, -0.05) is 17.7 Å². The number of nitrogens with one attached hydrogen (secondary N) is 1. The SMILES string of the molecule is COc1ccc(O)c(/C=N/NS(=O)(=O)c2ccc(C)cc2)c1. The summed E-state index contributed by atoms with van der Waals surface area (Å²) in [6.45, 7) is 1.87. The van der Waals surface area contributed by atoms with Gasteiger partial charge in [-0.2, -0.15) is 13.5 Å². The zero-order valence-corrected chi connectivity index (χ0v) is 13.0. The van der Waals surface area contributed by atoms with Crippen molar-refractivity contribution in [3.8, 4) is 11.5 Å². The van der Waals surface area contributed by atoms with E-state index in [-0.39, 0.29) is 10.6 Å². The van der Waals surface area contributed by atoms with Crippen LogP contribution >= 0.6 is 0 Å². The van der Waals surface area contributed by atoms with Gasteiger partial charge in [-0.25, -0.2) is 4.83 Å². The molecule has 0 bridgehead atoms. The van der Waals surface area contributed by atoms with Crippen molar-refractivity contribution in [2.24, 2.45) is 5.10 Å². The van der Waals surface area contributed by atoms with Gasteiger partial charge in [0.05, 0.1) is 18.2 Å². The topological polar surface area (TPSA) is 88.0 Å². The first-order chi connectivity index (χ1) is 10.4. The van der Waals surface area contributed by atoms with E-state index >= 15 is 0 Å². The number of hydrogen-bond acceptors (Lipinski definition) is 5. The van der Waals surface area contributed by atoms with Gasteiger partial charge < -0.3 is 9.84 Å². The molecule has 0 amide bonds. The zero-order chi connectivity index (χ0) is 16.2. The fraction of sp³-hybridized carbons (Fsp3) is 0.133. The van der Waals surface area contributed by atoms with Crippen molar-refractivity contribution in [1.82, 2.24) is 4.83 Å². The number of phenolic OH excluding ortho intramolecular Hbond substituents is 1. The number of hydrazone groups is 1. The van der Waals surface area contributed by atoms with E-state index < -0.39 is 10.0 Å². The molecule has 0 saturated heterocycles. The number of ether oxygens (including phenoxy) is 1. The quantitative estimate of drug-likeness (QED) is 0.652. The predicted molar refractivity (Wildman–Crippen MR) is 83.8 cm³/mol. The number of nitrogens with zero attached hydrogens (tertiary/aromatic N) is 1. The summed E-state index contributed by atoms with van der Waals surface area (Å²) in [4.78, 5) is 2.21. The average molecular weight is 320 g/mol. The molecule has 2 aromatic rings. The Bertz CT molecular complexity index is 784. The Morgan fingerprint density at radius 2 is 1.86 bits per heavy atom. The molecular formula is C15H16N2O4S. The summed E-state index contributed by atoms with van der Waals surface area (Å²) in [7, 11) is -2.24. The van der Waals surface area contributed by atoms with Crippen LogP contribution in [0.2, 0.25) is 0 Å². The molecule has 22 heavy (non-hydrogen) atoms. The monoisotopic (exact) mass is 320 g/mol. The van der Waals surface area contributed by atoms with Gasteiger partial charge in [0.1, 0.15) is 11.5 Å². The highest BCUT2D eigenvalue weighted by Gasteiger charge is 2.11. The van der Waals surface area contributed by atoms with Crippen molar-refractivity contribution in [2.75, 3.05) is 7.11 Å². The van der Waals surface area contributed by atoms with Crippen molar-refractivity contribution in [3.05, 3.63) is 53.6 Å². The molecule has 0 aliphatic heterocycles. The van der Waals surface area contributed by atoms with Crippen LogP contribution < -0.4 is 9.57 Å². The van der Waals surface area contributed by atoms with Gasteiger partial charge in [0, 0.05) is 5.56 Å². The highest BCUT2D eigenvalue weighted by Crippen LogP contribution is 2.21. The van der Waals surface area contributed by atoms with Gasteiger partial charge in [0.25, 0.3) is 10.0 Å². The van der Waals surface area contributed by atoms with E-state index in [2.05, 4.69) is 9.93 Å². The number of aromatic hydroxyl groups is 1. The maximum Gasteiger partial charge on any atom is 0.276 e. The normalized spacial score (nSPS) is 11.5. The van der Waals surface area contributed by atoms with E-state index in [0.29, 0.717) is 11.3 Å². The Hall–Kier alpha value is -2.54. The van der Waals surface area contributed by atoms with Crippen molar-refractivity contribution in [3.63, 3.8) is 0 Å². The lowest BCUT2D eigenvalue weighted by molar-refractivity contribution is 0.412. The number of rotatable bonds is 5. The Morgan fingerprint density at radius 1 is 1.18 bits per heavy atom. The van der Waals surface area contributed by atoms with Gasteiger partial charge in [0.15, 0.2) is 0 Å². The van der Waals surface area contributed by atoms with Crippen LogP contribution in [0.25, 0.3) is 0 Å². The molecule has 2 aromatic carbocycles. The largest absolute Gasteiger partial charge is 0.507 e. The Balaban J connectivity index is 2.16. The second-order valence-electron chi connectivity index (χ2n) is 4.59.